The molecule has 1 atom stereocenters. The summed E-state index contributed by atoms with van der Waals surface area (Å²) in [6.45, 7) is 0. The molecule has 1 unspecified atom stereocenters. The van der Waals surface area contributed by atoms with E-state index in [1.165, 1.54) is 12.1 Å². The van der Waals surface area contributed by atoms with Gasteiger partial charge >= 0.3 is 12.1 Å². The molecular weight excluding hydrogens is 214 g/mol. The molecule has 0 aliphatic rings. The Hall–Kier alpha value is -2.42. The number of carboxylic acid groups (broad SMARTS) is 2. The molecule has 1 rings (SSSR count). The lowest BCUT2D eigenvalue weighted by Gasteiger charge is -2.10. The molecule has 84 valence electrons. The molecule has 16 heavy (non-hydrogen) atoms. The molecule has 0 saturated heterocycles. The SMILES string of the molecule is O=C(O)NC(Cc1c#cc(O)cc1)C(=O)O. The molecule has 0 heterocycles. The van der Waals surface area contributed by atoms with Crippen LogP contribution in [0, 0.1) is 12.1 Å². The summed E-state index contributed by atoms with van der Waals surface area (Å²) in [5.74, 6) is -1.38. The Labute approximate surface area is 91.1 Å². The van der Waals surface area contributed by atoms with Gasteiger partial charge in [0.25, 0.3) is 0 Å². The minimum Gasteiger partial charge on any atom is -0.501 e. The van der Waals surface area contributed by atoms with Gasteiger partial charge in [-0.05, 0) is 18.2 Å². The standard InChI is InChI=1S/C10H9NO5/c12-7-3-1-6(2-4-7)5-8(9(13)14)11-10(15)16/h1,3,8,11-12H,5H2,(H,13,14)(H,15,16). The molecule has 0 radical (unpaired) electrons. The van der Waals surface area contributed by atoms with Gasteiger partial charge in [-0.25, -0.2) is 9.59 Å². The average Bonchev–Trinajstić information content (AvgIpc) is 2.19. The first kappa shape index (κ1) is 11.7. The van der Waals surface area contributed by atoms with Gasteiger partial charge in [-0.3, -0.25) is 0 Å². The van der Waals surface area contributed by atoms with Crippen LogP contribution in [-0.4, -0.2) is 33.4 Å². The van der Waals surface area contributed by atoms with Crippen LogP contribution in [0.5, 0.6) is 5.75 Å². The monoisotopic (exact) mass is 223 g/mol. The maximum Gasteiger partial charge on any atom is 0.405 e. The van der Waals surface area contributed by atoms with E-state index >= 15 is 0 Å². The van der Waals surface area contributed by atoms with E-state index in [-0.39, 0.29) is 12.2 Å². The van der Waals surface area contributed by atoms with Crippen molar-refractivity contribution in [1.82, 2.24) is 5.32 Å². The summed E-state index contributed by atoms with van der Waals surface area (Å²) >= 11 is 0. The summed E-state index contributed by atoms with van der Waals surface area (Å²) in [5.41, 5.74) is 0.443. The van der Waals surface area contributed by atoms with Crippen molar-refractivity contribution in [3.63, 3.8) is 0 Å². The van der Waals surface area contributed by atoms with Crippen LogP contribution in [-0.2, 0) is 11.2 Å². The van der Waals surface area contributed by atoms with Crippen molar-refractivity contribution >= 4 is 12.1 Å². The summed E-state index contributed by atoms with van der Waals surface area (Å²) in [6, 6.07) is 6.41. The number of hydrogen-bond acceptors (Lipinski definition) is 3. The van der Waals surface area contributed by atoms with Crippen LogP contribution >= 0.6 is 0 Å². The van der Waals surface area contributed by atoms with E-state index in [1.807, 2.05) is 5.32 Å². The van der Waals surface area contributed by atoms with Crippen molar-refractivity contribution in [2.45, 2.75) is 12.5 Å². The molecule has 0 saturated carbocycles. The van der Waals surface area contributed by atoms with Crippen LogP contribution in [0.2, 0.25) is 0 Å². The van der Waals surface area contributed by atoms with Crippen molar-refractivity contribution in [1.29, 1.82) is 0 Å². The number of carboxylic acids is 1. The number of aliphatic carboxylic acids is 1. The lowest BCUT2D eigenvalue weighted by atomic mass is 10.1. The van der Waals surface area contributed by atoms with E-state index in [0.717, 1.165) is 0 Å². The summed E-state index contributed by atoms with van der Waals surface area (Å²) in [5, 5.41) is 28.0. The van der Waals surface area contributed by atoms with Crippen LogP contribution in [0.1, 0.15) is 5.56 Å². The smallest absolute Gasteiger partial charge is 0.405 e. The highest BCUT2D eigenvalue weighted by Gasteiger charge is 2.19. The summed E-state index contributed by atoms with van der Waals surface area (Å²) in [4.78, 5) is 21.0. The van der Waals surface area contributed by atoms with Crippen molar-refractivity contribution in [3.05, 3.63) is 29.8 Å². The molecule has 1 amide bonds. The van der Waals surface area contributed by atoms with Gasteiger partial charge in [0.1, 0.15) is 6.04 Å². The summed E-state index contributed by atoms with van der Waals surface area (Å²) in [7, 11) is 0. The van der Waals surface area contributed by atoms with Gasteiger partial charge in [-0.1, -0.05) is 6.07 Å². The number of carbonyl (C=O) groups is 2. The molecule has 1 aromatic carbocycles. The predicted octanol–water partition coefficient (Wildman–Crippen LogP) is 0.256. The van der Waals surface area contributed by atoms with Gasteiger partial charge in [0.15, 0.2) is 5.75 Å². The second kappa shape index (κ2) is 4.89. The maximum atomic E-state index is 10.7. The van der Waals surface area contributed by atoms with Crippen molar-refractivity contribution < 1.29 is 24.9 Å². The lowest BCUT2D eigenvalue weighted by molar-refractivity contribution is -0.139. The molecule has 4 N–H and O–H groups in total. The highest BCUT2D eigenvalue weighted by atomic mass is 16.4. The third-order valence-electron chi connectivity index (χ3n) is 1.81. The third kappa shape index (κ3) is 3.38. The van der Waals surface area contributed by atoms with Crippen LogP contribution in [0.25, 0.3) is 0 Å². The summed E-state index contributed by atoms with van der Waals surface area (Å²) in [6.07, 6.45) is -1.46. The molecule has 0 aromatic heterocycles. The fourth-order valence-electron chi connectivity index (χ4n) is 1.10. The predicted molar refractivity (Wildman–Crippen MR) is 52.1 cm³/mol. The zero-order valence-electron chi connectivity index (χ0n) is 8.10. The van der Waals surface area contributed by atoms with Gasteiger partial charge in [0, 0.05) is 12.0 Å². The first-order chi connectivity index (χ1) is 7.49. The van der Waals surface area contributed by atoms with E-state index in [1.54, 1.807) is 0 Å². The summed E-state index contributed by atoms with van der Waals surface area (Å²) < 4.78 is 0. The zero-order valence-corrected chi connectivity index (χ0v) is 8.10. The van der Waals surface area contributed by atoms with Crippen molar-refractivity contribution in [3.8, 4) is 5.75 Å². The quantitative estimate of drug-likeness (QED) is 0.585. The first-order valence-corrected chi connectivity index (χ1v) is 4.33. The van der Waals surface area contributed by atoms with E-state index < -0.39 is 18.1 Å². The molecular formula is C10H9NO5. The Morgan fingerprint density at radius 2 is 2.00 bits per heavy atom. The first-order valence-electron chi connectivity index (χ1n) is 4.33. The maximum absolute atomic E-state index is 10.7. The van der Waals surface area contributed by atoms with E-state index in [9.17, 15) is 9.59 Å². The molecule has 0 aliphatic carbocycles. The zero-order chi connectivity index (χ0) is 12.1. The normalized spacial score (nSPS) is 11.2. The number of rotatable bonds is 4. The number of amides is 1. The van der Waals surface area contributed by atoms with Gasteiger partial charge in [-0.15, -0.1) is 0 Å². The number of aromatic hydroxyl groups is 1. The molecule has 0 fully saturated rings. The number of hydrogen-bond donors (Lipinski definition) is 4. The highest BCUT2D eigenvalue weighted by molar-refractivity contribution is 5.79. The van der Waals surface area contributed by atoms with E-state index in [0.29, 0.717) is 5.56 Å². The topological polar surface area (TPSA) is 107 Å². The van der Waals surface area contributed by atoms with E-state index in [4.69, 9.17) is 15.3 Å². The minimum absolute atomic E-state index is 0.0571. The van der Waals surface area contributed by atoms with Crippen LogP contribution in [0.3, 0.4) is 0 Å². The van der Waals surface area contributed by atoms with Gasteiger partial charge in [0.2, 0.25) is 0 Å². The highest BCUT2D eigenvalue weighted by Crippen LogP contribution is 2.06. The number of nitrogens with one attached hydrogen (secondary N) is 1. The Morgan fingerprint density at radius 3 is 2.44 bits per heavy atom. The van der Waals surface area contributed by atoms with Gasteiger partial charge in [0.05, 0.1) is 0 Å². The molecule has 1 aromatic rings. The fourth-order valence-corrected chi connectivity index (χ4v) is 1.10. The Morgan fingerprint density at radius 1 is 1.31 bits per heavy atom. The van der Waals surface area contributed by atoms with Gasteiger partial charge < -0.3 is 20.6 Å². The third-order valence-corrected chi connectivity index (χ3v) is 1.81. The largest absolute Gasteiger partial charge is 0.501 e. The Bertz CT molecular complexity index is 387. The lowest BCUT2D eigenvalue weighted by Crippen LogP contribution is -2.41. The van der Waals surface area contributed by atoms with Crippen LogP contribution in [0.15, 0.2) is 12.1 Å². The van der Waals surface area contributed by atoms with E-state index in [2.05, 4.69) is 12.1 Å². The molecule has 6 nitrogen and oxygen atoms in total. The van der Waals surface area contributed by atoms with Crippen LogP contribution < -0.4 is 5.32 Å². The average molecular weight is 223 g/mol. The molecule has 0 aliphatic heterocycles. The van der Waals surface area contributed by atoms with Crippen LogP contribution in [0.4, 0.5) is 4.79 Å². The van der Waals surface area contributed by atoms with Gasteiger partial charge in [-0.2, -0.15) is 0 Å². The molecule has 0 spiro atoms. The Balaban J connectivity index is 2.71. The van der Waals surface area contributed by atoms with Crippen molar-refractivity contribution in [2.75, 3.05) is 0 Å². The molecule has 0 bridgehead atoms. The minimum atomic E-state index is -1.41. The second-order valence-electron chi connectivity index (χ2n) is 3.04. The Kier molecular flexibility index (Phi) is 3.56. The fraction of sp³-hybridized carbons (Fsp3) is 0.200. The second-order valence-corrected chi connectivity index (χ2v) is 3.04. The molecule has 6 heteroatoms. The van der Waals surface area contributed by atoms with Crippen molar-refractivity contribution in [2.24, 2.45) is 0 Å².